The highest BCUT2D eigenvalue weighted by molar-refractivity contribution is 7.89. The van der Waals surface area contributed by atoms with Gasteiger partial charge < -0.3 is 10.2 Å². The van der Waals surface area contributed by atoms with E-state index in [0.717, 1.165) is 17.5 Å². The molecule has 0 fully saturated rings. The maximum Gasteiger partial charge on any atom is 0.317 e. The summed E-state index contributed by atoms with van der Waals surface area (Å²) in [5.74, 6) is 0.389. The van der Waals surface area contributed by atoms with E-state index in [2.05, 4.69) is 5.32 Å². The van der Waals surface area contributed by atoms with Crippen molar-refractivity contribution in [3.8, 4) is 0 Å². The molecular formula is C14H21N3O3S. The molecule has 0 unspecified atom stereocenters. The predicted molar refractivity (Wildman–Crippen MR) is 80.2 cm³/mol. The predicted octanol–water partition coefficient (Wildman–Crippen LogP) is 1.06. The Kier molecular flexibility index (Phi) is 4.53. The van der Waals surface area contributed by atoms with Crippen molar-refractivity contribution in [2.45, 2.75) is 31.7 Å². The zero-order valence-electron chi connectivity index (χ0n) is 12.3. The normalized spacial score (nSPS) is 15.0. The highest BCUT2D eigenvalue weighted by atomic mass is 32.2. The number of primary sulfonamides is 1. The third kappa shape index (κ3) is 3.95. The number of fused-ring (bicyclic) bond motifs is 1. The molecule has 6 nitrogen and oxygen atoms in total. The van der Waals surface area contributed by atoms with Crippen LogP contribution in [0.25, 0.3) is 0 Å². The molecule has 116 valence electrons. The van der Waals surface area contributed by atoms with Gasteiger partial charge in [-0.1, -0.05) is 19.9 Å². The number of carbonyl (C=O) groups is 1. The van der Waals surface area contributed by atoms with Gasteiger partial charge in [0.2, 0.25) is 10.0 Å². The Bertz CT molecular complexity index is 641. The highest BCUT2D eigenvalue weighted by Gasteiger charge is 2.22. The summed E-state index contributed by atoms with van der Waals surface area (Å²) in [4.78, 5) is 13.8. The first-order valence-electron chi connectivity index (χ1n) is 6.94. The molecule has 0 radical (unpaired) electrons. The largest absolute Gasteiger partial charge is 0.338 e. The summed E-state index contributed by atoms with van der Waals surface area (Å²) >= 11 is 0. The second kappa shape index (κ2) is 6.03. The zero-order chi connectivity index (χ0) is 15.6. The second-order valence-electron chi connectivity index (χ2n) is 5.73. The van der Waals surface area contributed by atoms with E-state index < -0.39 is 10.0 Å². The number of benzene rings is 1. The smallest absolute Gasteiger partial charge is 0.317 e. The molecule has 0 saturated heterocycles. The van der Waals surface area contributed by atoms with Crippen molar-refractivity contribution in [1.82, 2.24) is 10.2 Å². The summed E-state index contributed by atoms with van der Waals surface area (Å²) in [5.41, 5.74) is 1.91. The molecule has 0 spiro atoms. The van der Waals surface area contributed by atoms with Crippen LogP contribution in [-0.2, 0) is 23.0 Å². The number of urea groups is 1. The van der Waals surface area contributed by atoms with Gasteiger partial charge in [-0.15, -0.1) is 0 Å². The maximum absolute atomic E-state index is 12.1. The van der Waals surface area contributed by atoms with Crippen LogP contribution in [0.1, 0.15) is 25.0 Å². The minimum Gasteiger partial charge on any atom is -0.338 e. The Morgan fingerprint density at radius 3 is 2.71 bits per heavy atom. The molecule has 1 aliphatic rings. The van der Waals surface area contributed by atoms with Crippen LogP contribution in [0.3, 0.4) is 0 Å². The molecule has 1 aromatic rings. The average molecular weight is 311 g/mol. The van der Waals surface area contributed by atoms with Crippen molar-refractivity contribution >= 4 is 16.1 Å². The molecule has 1 aromatic carbocycles. The van der Waals surface area contributed by atoms with Gasteiger partial charge in [-0.2, -0.15) is 0 Å². The van der Waals surface area contributed by atoms with Crippen molar-refractivity contribution < 1.29 is 13.2 Å². The summed E-state index contributed by atoms with van der Waals surface area (Å²) in [5, 5.41) is 8.02. The van der Waals surface area contributed by atoms with Crippen molar-refractivity contribution in [2.75, 3.05) is 13.1 Å². The standard InChI is InChI=1S/C14H21N3O3S/c1-10(2)8-16-14(18)17-6-5-11-3-4-13(21(15,19)20)7-12(11)9-17/h3-4,7,10H,5-6,8-9H2,1-2H3,(H,16,18)(H2,15,19,20). The van der Waals surface area contributed by atoms with E-state index in [0.29, 0.717) is 25.6 Å². The summed E-state index contributed by atoms with van der Waals surface area (Å²) < 4.78 is 22.8. The number of nitrogens with one attached hydrogen (secondary N) is 1. The second-order valence-corrected chi connectivity index (χ2v) is 7.29. The first-order valence-corrected chi connectivity index (χ1v) is 8.49. The maximum atomic E-state index is 12.1. The van der Waals surface area contributed by atoms with Crippen LogP contribution in [0.2, 0.25) is 0 Å². The van der Waals surface area contributed by atoms with Crippen LogP contribution < -0.4 is 10.5 Å². The van der Waals surface area contributed by atoms with Gasteiger partial charge in [0.25, 0.3) is 0 Å². The first-order chi connectivity index (χ1) is 9.77. The molecule has 3 N–H and O–H groups in total. The Balaban J connectivity index is 2.13. The van der Waals surface area contributed by atoms with Crippen molar-refractivity contribution in [2.24, 2.45) is 11.1 Å². The lowest BCUT2D eigenvalue weighted by Crippen LogP contribution is -2.43. The molecule has 21 heavy (non-hydrogen) atoms. The van der Waals surface area contributed by atoms with Crippen LogP contribution in [0.5, 0.6) is 0 Å². The van der Waals surface area contributed by atoms with Crippen LogP contribution in [0, 0.1) is 5.92 Å². The quantitative estimate of drug-likeness (QED) is 0.874. The van der Waals surface area contributed by atoms with E-state index >= 15 is 0 Å². The number of nitrogens with two attached hydrogens (primary N) is 1. The lowest BCUT2D eigenvalue weighted by atomic mass is 10.0. The fourth-order valence-corrected chi connectivity index (χ4v) is 2.85. The fraction of sp³-hybridized carbons (Fsp3) is 0.500. The van der Waals surface area contributed by atoms with E-state index in [4.69, 9.17) is 5.14 Å². The van der Waals surface area contributed by atoms with Gasteiger partial charge >= 0.3 is 6.03 Å². The van der Waals surface area contributed by atoms with E-state index in [1.54, 1.807) is 17.0 Å². The third-order valence-electron chi connectivity index (χ3n) is 3.47. The van der Waals surface area contributed by atoms with Gasteiger partial charge in [-0.3, -0.25) is 0 Å². The highest BCUT2D eigenvalue weighted by Crippen LogP contribution is 2.22. The van der Waals surface area contributed by atoms with E-state index in [1.165, 1.54) is 6.07 Å². The minimum absolute atomic E-state index is 0.0886. The van der Waals surface area contributed by atoms with Gasteiger partial charge in [0, 0.05) is 19.6 Å². The molecule has 0 bridgehead atoms. The Morgan fingerprint density at radius 2 is 2.10 bits per heavy atom. The van der Waals surface area contributed by atoms with Crippen LogP contribution in [0.15, 0.2) is 23.1 Å². The molecule has 1 heterocycles. The van der Waals surface area contributed by atoms with Gasteiger partial charge in [0.05, 0.1) is 4.90 Å². The Hall–Kier alpha value is -1.60. The first kappa shape index (κ1) is 15.8. The minimum atomic E-state index is -3.71. The van der Waals surface area contributed by atoms with E-state index in [-0.39, 0.29) is 10.9 Å². The van der Waals surface area contributed by atoms with Crippen molar-refractivity contribution in [3.05, 3.63) is 29.3 Å². The summed E-state index contributed by atoms with van der Waals surface area (Å²) in [6, 6.07) is 4.74. The third-order valence-corrected chi connectivity index (χ3v) is 4.38. The van der Waals surface area contributed by atoms with Crippen LogP contribution in [-0.4, -0.2) is 32.4 Å². The molecule has 2 amide bonds. The van der Waals surface area contributed by atoms with Gasteiger partial charge in [0.15, 0.2) is 0 Å². The zero-order valence-corrected chi connectivity index (χ0v) is 13.1. The van der Waals surface area contributed by atoms with E-state index in [1.807, 2.05) is 13.8 Å². The Morgan fingerprint density at radius 1 is 1.38 bits per heavy atom. The Labute approximate surface area is 125 Å². The number of nitrogens with zero attached hydrogens (tertiary/aromatic N) is 1. The SMILES string of the molecule is CC(C)CNC(=O)N1CCc2ccc(S(N)(=O)=O)cc2C1. The van der Waals surface area contributed by atoms with Gasteiger partial charge in [-0.05, 0) is 35.6 Å². The molecular weight excluding hydrogens is 290 g/mol. The number of amides is 2. The van der Waals surface area contributed by atoms with E-state index in [9.17, 15) is 13.2 Å². The topological polar surface area (TPSA) is 92.5 Å². The average Bonchev–Trinajstić information content (AvgIpc) is 2.42. The summed E-state index contributed by atoms with van der Waals surface area (Å²) in [6.45, 7) is 5.72. The molecule has 7 heteroatoms. The van der Waals surface area contributed by atoms with Gasteiger partial charge in [0.1, 0.15) is 0 Å². The number of rotatable bonds is 3. The summed E-state index contributed by atoms with van der Waals surface area (Å²) in [6.07, 6.45) is 0.718. The van der Waals surface area contributed by atoms with Crippen LogP contribution in [0.4, 0.5) is 4.79 Å². The fourth-order valence-electron chi connectivity index (χ4n) is 2.29. The van der Waals surface area contributed by atoms with Crippen molar-refractivity contribution in [3.63, 3.8) is 0 Å². The summed E-state index contributed by atoms with van der Waals surface area (Å²) in [7, 11) is -3.71. The lowest BCUT2D eigenvalue weighted by Gasteiger charge is -2.29. The molecule has 1 aliphatic heterocycles. The number of hydrogen-bond acceptors (Lipinski definition) is 3. The molecule has 0 aliphatic carbocycles. The van der Waals surface area contributed by atoms with Gasteiger partial charge in [-0.25, -0.2) is 18.4 Å². The monoisotopic (exact) mass is 311 g/mol. The molecule has 0 atom stereocenters. The molecule has 0 saturated carbocycles. The molecule has 0 aromatic heterocycles. The van der Waals surface area contributed by atoms with Crippen molar-refractivity contribution in [1.29, 1.82) is 0 Å². The lowest BCUT2D eigenvalue weighted by molar-refractivity contribution is 0.191. The van der Waals surface area contributed by atoms with Crippen LogP contribution >= 0.6 is 0 Å². The number of sulfonamides is 1. The number of carbonyl (C=O) groups excluding carboxylic acids is 1. The molecule has 2 rings (SSSR count). The number of hydrogen-bond donors (Lipinski definition) is 2.